The molecule has 0 radical (unpaired) electrons. The monoisotopic (exact) mass is 386 g/mol. The first-order chi connectivity index (χ1) is 11.2. The van der Waals surface area contributed by atoms with Gasteiger partial charge in [0.15, 0.2) is 5.82 Å². The van der Waals surface area contributed by atoms with Crippen molar-refractivity contribution in [1.82, 2.24) is 24.5 Å². The van der Waals surface area contributed by atoms with Gasteiger partial charge in [0.05, 0.1) is 4.90 Å². The summed E-state index contributed by atoms with van der Waals surface area (Å²) < 4.78 is 29.1. The molecule has 2 aromatic rings. The fourth-order valence-corrected chi connectivity index (χ4v) is 4.62. The van der Waals surface area contributed by atoms with Crippen LogP contribution in [0.25, 0.3) is 11.4 Å². The number of sulfonamides is 1. The Bertz CT molecular complexity index is 851. The maximum absolute atomic E-state index is 13.0. The quantitative estimate of drug-likeness (QED) is 0.844. The summed E-state index contributed by atoms with van der Waals surface area (Å²) in [7, 11) is -1.87. The van der Waals surface area contributed by atoms with E-state index in [0.717, 1.165) is 0 Å². The van der Waals surface area contributed by atoms with Crippen molar-refractivity contribution in [2.75, 3.05) is 13.1 Å². The van der Waals surface area contributed by atoms with Crippen molar-refractivity contribution < 1.29 is 8.42 Å². The van der Waals surface area contributed by atoms with Gasteiger partial charge in [-0.2, -0.15) is 4.31 Å². The fraction of sp³-hybridized carbons (Fsp3) is 0.533. The Balaban J connectivity index is 0.00000225. The molecule has 0 saturated carbocycles. The lowest BCUT2D eigenvalue weighted by molar-refractivity contribution is 0.155. The van der Waals surface area contributed by atoms with Gasteiger partial charge in [-0.1, -0.05) is 26.0 Å². The first-order valence-corrected chi connectivity index (χ1v) is 9.24. The second kappa shape index (κ2) is 6.99. The van der Waals surface area contributed by atoms with Gasteiger partial charge in [-0.05, 0) is 34.4 Å². The molecule has 1 aliphatic rings. The van der Waals surface area contributed by atoms with Crippen LogP contribution in [0.2, 0.25) is 0 Å². The molecule has 0 bridgehead atoms. The molecule has 1 unspecified atom stereocenters. The molecule has 1 fully saturated rings. The van der Waals surface area contributed by atoms with Gasteiger partial charge in [-0.3, -0.25) is 0 Å². The number of benzene rings is 1. The highest BCUT2D eigenvalue weighted by Crippen LogP contribution is 2.32. The first kappa shape index (κ1) is 19.8. The fourth-order valence-electron chi connectivity index (χ4n) is 2.95. The molecule has 138 valence electrons. The summed E-state index contributed by atoms with van der Waals surface area (Å²) in [5.74, 6) is 0.521. The maximum Gasteiger partial charge on any atom is 0.243 e. The third kappa shape index (κ3) is 3.69. The van der Waals surface area contributed by atoms with E-state index in [4.69, 9.17) is 5.73 Å². The molecule has 2 heterocycles. The van der Waals surface area contributed by atoms with Crippen LogP contribution in [0.1, 0.15) is 20.3 Å². The van der Waals surface area contributed by atoms with Gasteiger partial charge in [0, 0.05) is 31.7 Å². The van der Waals surface area contributed by atoms with Crippen LogP contribution in [0.15, 0.2) is 29.2 Å². The minimum absolute atomic E-state index is 0. The molecular formula is C15H23ClN6O2S. The zero-order chi connectivity index (χ0) is 17.5. The van der Waals surface area contributed by atoms with Crippen LogP contribution in [-0.2, 0) is 17.1 Å². The number of nitrogens with two attached hydrogens (primary N) is 1. The average molecular weight is 387 g/mol. The summed E-state index contributed by atoms with van der Waals surface area (Å²) in [6.45, 7) is 4.84. The minimum atomic E-state index is -3.58. The molecule has 25 heavy (non-hydrogen) atoms. The van der Waals surface area contributed by atoms with E-state index in [-0.39, 0.29) is 28.8 Å². The van der Waals surface area contributed by atoms with Crippen LogP contribution in [0, 0.1) is 5.41 Å². The van der Waals surface area contributed by atoms with Gasteiger partial charge in [0.25, 0.3) is 0 Å². The summed E-state index contributed by atoms with van der Waals surface area (Å²) >= 11 is 0. The molecular weight excluding hydrogens is 364 g/mol. The van der Waals surface area contributed by atoms with Gasteiger partial charge in [-0.25, -0.2) is 13.1 Å². The number of rotatable bonds is 3. The lowest BCUT2D eigenvalue weighted by Gasteiger charge is -2.41. The van der Waals surface area contributed by atoms with Gasteiger partial charge < -0.3 is 5.73 Å². The van der Waals surface area contributed by atoms with E-state index in [1.165, 1.54) is 8.99 Å². The Morgan fingerprint density at radius 2 is 2.04 bits per heavy atom. The molecule has 1 atom stereocenters. The Morgan fingerprint density at radius 3 is 2.64 bits per heavy atom. The van der Waals surface area contributed by atoms with Crippen molar-refractivity contribution in [3.8, 4) is 11.4 Å². The highest BCUT2D eigenvalue weighted by molar-refractivity contribution is 7.89. The normalized spacial score (nSPS) is 20.9. The third-order valence-electron chi connectivity index (χ3n) is 4.63. The highest BCUT2D eigenvalue weighted by Gasteiger charge is 2.38. The number of aromatic nitrogens is 4. The Morgan fingerprint density at radius 1 is 1.32 bits per heavy atom. The average Bonchev–Trinajstić information content (AvgIpc) is 2.96. The molecule has 0 amide bonds. The van der Waals surface area contributed by atoms with Crippen molar-refractivity contribution in [3.05, 3.63) is 24.3 Å². The van der Waals surface area contributed by atoms with Gasteiger partial charge in [0.1, 0.15) is 0 Å². The van der Waals surface area contributed by atoms with Gasteiger partial charge in [-0.15, -0.1) is 17.5 Å². The molecule has 2 N–H and O–H groups in total. The van der Waals surface area contributed by atoms with E-state index in [1.54, 1.807) is 31.3 Å². The molecule has 0 aliphatic carbocycles. The van der Waals surface area contributed by atoms with E-state index in [2.05, 4.69) is 15.5 Å². The Hall–Kier alpha value is -1.55. The number of hydrogen-bond donors (Lipinski definition) is 1. The Labute approximate surface area is 153 Å². The van der Waals surface area contributed by atoms with Crippen LogP contribution in [0.4, 0.5) is 0 Å². The molecule has 1 aliphatic heterocycles. The molecule has 1 saturated heterocycles. The third-order valence-corrected chi connectivity index (χ3v) is 6.47. The van der Waals surface area contributed by atoms with E-state index >= 15 is 0 Å². The van der Waals surface area contributed by atoms with Crippen LogP contribution in [0.5, 0.6) is 0 Å². The summed E-state index contributed by atoms with van der Waals surface area (Å²) in [6, 6.07) is 6.71. The zero-order valence-corrected chi connectivity index (χ0v) is 16.1. The van der Waals surface area contributed by atoms with Gasteiger partial charge in [0.2, 0.25) is 10.0 Å². The van der Waals surface area contributed by atoms with Gasteiger partial charge >= 0.3 is 0 Å². The number of nitrogens with zero attached hydrogens (tertiary/aromatic N) is 5. The first-order valence-electron chi connectivity index (χ1n) is 7.80. The predicted octanol–water partition coefficient (Wildman–Crippen LogP) is 1.05. The topological polar surface area (TPSA) is 107 Å². The van der Waals surface area contributed by atoms with Crippen LogP contribution in [-0.4, -0.2) is 52.1 Å². The van der Waals surface area contributed by atoms with Crippen molar-refractivity contribution in [2.45, 2.75) is 31.2 Å². The van der Waals surface area contributed by atoms with Crippen LogP contribution >= 0.6 is 12.4 Å². The van der Waals surface area contributed by atoms with E-state index < -0.39 is 10.0 Å². The number of hydrogen-bond acceptors (Lipinski definition) is 6. The lowest BCUT2D eigenvalue weighted by atomic mass is 9.81. The summed E-state index contributed by atoms with van der Waals surface area (Å²) in [5, 5.41) is 11.3. The highest BCUT2D eigenvalue weighted by atomic mass is 35.5. The summed E-state index contributed by atoms with van der Waals surface area (Å²) in [6.07, 6.45) is 0.652. The molecule has 0 spiro atoms. The molecule has 10 heteroatoms. The number of piperidine rings is 1. The van der Waals surface area contributed by atoms with Crippen molar-refractivity contribution in [1.29, 1.82) is 0 Å². The van der Waals surface area contributed by atoms with E-state index in [1.807, 2.05) is 13.8 Å². The lowest BCUT2D eigenvalue weighted by Crippen LogP contribution is -2.53. The molecule has 8 nitrogen and oxygen atoms in total. The van der Waals surface area contributed by atoms with Crippen molar-refractivity contribution in [2.24, 2.45) is 18.2 Å². The summed E-state index contributed by atoms with van der Waals surface area (Å²) in [5.41, 5.74) is 6.53. The largest absolute Gasteiger partial charge is 0.327 e. The van der Waals surface area contributed by atoms with E-state index in [0.29, 0.717) is 30.9 Å². The Kier molecular flexibility index (Phi) is 5.53. The van der Waals surface area contributed by atoms with Crippen molar-refractivity contribution >= 4 is 22.4 Å². The second-order valence-electron chi connectivity index (χ2n) is 6.88. The van der Waals surface area contributed by atoms with Crippen LogP contribution in [0.3, 0.4) is 0 Å². The minimum Gasteiger partial charge on any atom is -0.327 e. The smallest absolute Gasteiger partial charge is 0.243 e. The standard InChI is InChI=1S/C15H22N6O2S.ClH/c1-15(2)10-21(8-7-13(15)16)24(22,23)12-6-4-5-11(9-12)14-17-18-19-20(14)3;/h4-6,9,13H,7-8,10,16H2,1-3H3;1H. The summed E-state index contributed by atoms with van der Waals surface area (Å²) in [4.78, 5) is 0.245. The van der Waals surface area contributed by atoms with E-state index in [9.17, 15) is 8.42 Å². The maximum atomic E-state index is 13.0. The molecule has 1 aromatic heterocycles. The number of tetrazole rings is 1. The molecule has 1 aromatic carbocycles. The molecule has 3 rings (SSSR count). The predicted molar refractivity (Wildman–Crippen MR) is 96.6 cm³/mol. The van der Waals surface area contributed by atoms with Crippen LogP contribution < -0.4 is 5.73 Å². The zero-order valence-electron chi connectivity index (χ0n) is 14.5. The van der Waals surface area contributed by atoms with Crippen molar-refractivity contribution in [3.63, 3.8) is 0 Å². The SMILES string of the molecule is Cl.Cn1nnnc1-c1cccc(S(=O)(=O)N2CCC(N)C(C)(C)C2)c1. The second-order valence-corrected chi connectivity index (χ2v) is 8.81. The number of halogens is 1. The number of aryl methyl sites for hydroxylation is 1.